The molecule has 3 aromatic carbocycles. The molecule has 3 aliphatic rings. The number of aryl methyl sites for hydroxylation is 2. The van der Waals surface area contributed by atoms with E-state index in [2.05, 4.69) is 34.4 Å². The van der Waals surface area contributed by atoms with Crippen LogP contribution in [0, 0.1) is 25.7 Å². The van der Waals surface area contributed by atoms with Crippen molar-refractivity contribution >= 4 is 45.3 Å². The van der Waals surface area contributed by atoms with Crippen molar-refractivity contribution in [2.24, 2.45) is 11.8 Å². The van der Waals surface area contributed by atoms with Crippen LogP contribution >= 0.6 is 15.9 Å². The summed E-state index contributed by atoms with van der Waals surface area (Å²) in [5, 5.41) is 13.8. The van der Waals surface area contributed by atoms with Gasteiger partial charge in [0.15, 0.2) is 0 Å². The summed E-state index contributed by atoms with van der Waals surface area (Å²) < 4.78 is 13.0. The van der Waals surface area contributed by atoms with Crippen LogP contribution in [0.1, 0.15) is 47.6 Å². The number of aliphatic hydroxyl groups is 1. The Balaban J connectivity index is 1.40. The maximum atomic E-state index is 15.3. The first kappa shape index (κ1) is 39.1. The van der Waals surface area contributed by atoms with Crippen molar-refractivity contribution in [2.45, 2.75) is 74.3 Å². The van der Waals surface area contributed by atoms with Crippen molar-refractivity contribution < 1.29 is 33.8 Å². The summed E-state index contributed by atoms with van der Waals surface area (Å²) in [6.45, 7) is 11.2. The van der Waals surface area contributed by atoms with Crippen LogP contribution in [-0.4, -0.2) is 82.0 Å². The third kappa shape index (κ3) is 7.54. The number of alkyl halides is 1. The summed E-state index contributed by atoms with van der Waals surface area (Å²) in [6, 6.07) is 22.5. The predicted molar refractivity (Wildman–Crippen MR) is 210 cm³/mol. The maximum absolute atomic E-state index is 15.3. The van der Waals surface area contributed by atoms with E-state index in [1.165, 1.54) is 4.90 Å². The molecule has 3 fully saturated rings. The number of allylic oxidation sites excluding steroid dienone is 1. The van der Waals surface area contributed by atoms with Gasteiger partial charge in [-0.25, -0.2) is 0 Å². The Morgan fingerprint density at radius 3 is 2.44 bits per heavy atom. The van der Waals surface area contributed by atoms with Gasteiger partial charge < -0.3 is 29.7 Å². The number of amides is 3. The SMILES string of the molecule is C=CCCC(=O)NC[C@H](OC(=O)[C@H]1[C@@H]2O[C@@]3(CC2Br)[C@@H]1C(=O)N([C@@H](CO)Cc1ccccc1)[C@@H]3C(=O)N(CC=C)c1cc(C)ccc1C)c1ccccc1. The van der Waals surface area contributed by atoms with Crippen LogP contribution < -0.4 is 10.2 Å². The molecule has 54 heavy (non-hydrogen) atoms. The zero-order valence-corrected chi connectivity index (χ0v) is 32.3. The van der Waals surface area contributed by atoms with Crippen LogP contribution in [0.4, 0.5) is 5.69 Å². The summed E-state index contributed by atoms with van der Waals surface area (Å²) in [5.74, 6) is -3.83. The van der Waals surface area contributed by atoms with Crippen LogP contribution in [-0.2, 0) is 35.1 Å². The first-order chi connectivity index (χ1) is 26.0. The minimum absolute atomic E-state index is 0.0225. The summed E-state index contributed by atoms with van der Waals surface area (Å²) in [6.07, 6.45) is 2.99. The molecule has 0 aliphatic carbocycles. The summed E-state index contributed by atoms with van der Waals surface area (Å²) >= 11 is 3.76. The number of likely N-dealkylation sites (tertiary alicyclic amines) is 1. The monoisotopic (exact) mass is 797 g/mol. The molecule has 10 nitrogen and oxygen atoms in total. The number of ether oxygens (including phenoxy) is 2. The molecule has 2 N–H and O–H groups in total. The highest BCUT2D eigenvalue weighted by Gasteiger charge is 2.77. The topological polar surface area (TPSA) is 125 Å². The molecule has 3 amide bonds. The van der Waals surface area contributed by atoms with E-state index in [9.17, 15) is 14.7 Å². The van der Waals surface area contributed by atoms with Crippen LogP contribution in [0.15, 0.2) is 104 Å². The molecule has 0 saturated carbocycles. The zero-order chi connectivity index (χ0) is 38.6. The fraction of sp³-hybridized carbons (Fsp3) is 0.395. The van der Waals surface area contributed by atoms with Crippen LogP contribution in [0.25, 0.3) is 0 Å². The molecule has 6 rings (SSSR count). The van der Waals surface area contributed by atoms with E-state index < -0.39 is 60.2 Å². The Kier molecular flexibility index (Phi) is 12.2. The van der Waals surface area contributed by atoms with E-state index in [4.69, 9.17) is 9.47 Å². The number of carbonyl (C=O) groups excluding carboxylic acids is 4. The third-order valence-electron chi connectivity index (χ3n) is 10.9. The number of nitrogens with zero attached hydrogens (tertiary/aromatic N) is 2. The van der Waals surface area contributed by atoms with Gasteiger partial charge >= 0.3 is 5.97 Å². The van der Waals surface area contributed by atoms with Gasteiger partial charge in [0.25, 0.3) is 5.91 Å². The van der Waals surface area contributed by atoms with Crippen LogP contribution in [0.5, 0.6) is 0 Å². The molecule has 3 aromatic rings. The minimum Gasteiger partial charge on any atom is -0.455 e. The van der Waals surface area contributed by atoms with E-state index in [1.807, 2.05) is 92.7 Å². The molecule has 3 heterocycles. The number of rotatable bonds is 16. The number of aliphatic hydroxyl groups excluding tert-OH is 1. The van der Waals surface area contributed by atoms with Gasteiger partial charge in [-0.1, -0.05) is 101 Å². The van der Waals surface area contributed by atoms with Gasteiger partial charge in [-0.2, -0.15) is 0 Å². The lowest BCUT2D eigenvalue weighted by molar-refractivity contribution is -0.160. The second kappa shape index (κ2) is 16.8. The number of halogens is 1. The molecule has 0 radical (unpaired) electrons. The van der Waals surface area contributed by atoms with E-state index in [1.54, 1.807) is 17.1 Å². The molecule has 1 spiro atoms. The van der Waals surface area contributed by atoms with Crippen molar-refractivity contribution in [3.05, 3.63) is 126 Å². The molecule has 284 valence electrons. The average molecular weight is 799 g/mol. The number of anilines is 1. The van der Waals surface area contributed by atoms with Crippen LogP contribution in [0.2, 0.25) is 0 Å². The van der Waals surface area contributed by atoms with E-state index in [0.29, 0.717) is 17.7 Å². The van der Waals surface area contributed by atoms with Gasteiger partial charge in [0.05, 0.1) is 37.1 Å². The van der Waals surface area contributed by atoms with Gasteiger partial charge in [-0.3, -0.25) is 19.2 Å². The quantitative estimate of drug-likeness (QED) is 0.111. The first-order valence-electron chi connectivity index (χ1n) is 18.5. The molecular formula is C43H48BrN3O7. The fourth-order valence-corrected chi connectivity index (χ4v) is 9.33. The number of hydrogen-bond donors (Lipinski definition) is 2. The van der Waals surface area contributed by atoms with Gasteiger partial charge in [0, 0.05) is 23.5 Å². The second-order valence-corrected chi connectivity index (χ2v) is 15.6. The second-order valence-electron chi connectivity index (χ2n) is 14.4. The number of fused-ring (bicyclic) bond motifs is 1. The van der Waals surface area contributed by atoms with E-state index in [0.717, 1.165) is 16.7 Å². The van der Waals surface area contributed by atoms with Gasteiger partial charge in [0.2, 0.25) is 11.8 Å². The minimum atomic E-state index is -1.40. The first-order valence-corrected chi connectivity index (χ1v) is 19.4. The molecule has 3 aliphatic heterocycles. The largest absolute Gasteiger partial charge is 0.455 e. The molecule has 2 bridgehead atoms. The highest BCUT2D eigenvalue weighted by atomic mass is 79.9. The normalized spacial score (nSPS) is 25.1. The van der Waals surface area contributed by atoms with Crippen molar-refractivity contribution in [2.75, 3.05) is 24.6 Å². The Bertz CT molecular complexity index is 1870. The lowest BCUT2D eigenvalue weighted by Gasteiger charge is -2.39. The third-order valence-corrected chi connectivity index (χ3v) is 11.7. The Morgan fingerprint density at radius 1 is 1.07 bits per heavy atom. The van der Waals surface area contributed by atoms with Crippen molar-refractivity contribution in [3.8, 4) is 0 Å². The number of esters is 1. The standard InChI is InChI=1S/C43H48BrN3O7/c1-5-7-18-35(49)45-25-34(30-16-12-9-13-17-30)53-42(52)36-37-40(50)47(31(26-48)23-29-14-10-8-11-15-29)39(43(37)24-32(44)38(36)54-43)41(51)46(21-6-2)33-22-27(3)19-20-28(33)4/h5-6,8-17,19-20,22,31-32,34,36-39,48H,1-2,7,18,21,23-26H2,3-4H3,(H,45,49)/t31-,32?,34+,36-,37+,38-,39-,43+/m1/s1. The van der Waals surface area contributed by atoms with E-state index in [-0.39, 0.29) is 49.0 Å². The molecule has 1 unspecified atom stereocenters. The number of nitrogens with one attached hydrogen (secondary N) is 1. The number of benzene rings is 3. The Morgan fingerprint density at radius 2 is 1.78 bits per heavy atom. The zero-order valence-electron chi connectivity index (χ0n) is 30.7. The lowest BCUT2D eigenvalue weighted by atomic mass is 9.70. The Labute approximate surface area is 325 Å². The summed E-state index contributed by atoms with van der Waals surface area (Å²) in [5.41, 5.74) is 2.64. The molecule has 8 atom stereocenters. The van der Waals surface area contributed by atoms with Gasteiger partial charge in [-0.05, 0) is 61.4 Å². The highest BCUT2D eigenvalue weighted by Crippen LogP contribution is 2.61. The summed E-state index contributed by atoms with van der Waals surface area (Å²) in [7, 11) is 0. The van der Waals surface area contributed by atoms with Crippen molar-refractivity contribution in [3.63, 3.8) is 0 Å². The number of carbonyl (C=O) groups is 4. The molecule has 0 aromatic heterocycles. The van der Waals surface area contributed by atoms with Crippen LogP contribution in [0.3, 0.4) is 0 Å². The van der Waals surface area contributed by atoms with Gasteiger partial charge in [-0.15, -0.1) is 13.2 Å². The Hall–Kier alpha value is -4.58. The lowest BCUT2D eigenvalue weighted by Crippen LogP contribution is -2.59. The predicted octanol–water partition coefficient (Wildman–Crippen LogP) is 5.54. The maximum Gasteiger partial charge on any atom is 0.313 e. The van der Waals surface area contributed by atoms with Crippen molar-refractivity contribution in [1.82, 2.24) is 10.2 Å². The highest BCUT2D eigenvalue weighted by molar-refractivity contribution is 9.09. The van der Waals surface area contributed by atoms with E-state index >= 15 is 9.59 Å². The average Bonchev–Trinajstić information content (AvgIpc) is 3.78. The fourth-order valence-electron chi connectivity index (χ4n) is 8.38. The molecule has 3 saturated heterocycles. The molecular weight excluding hydrogens is 750 g/mol. The van der Waals surface area contributed by atoms with Crippen molar-refractivity contribution in [1.29, 1.82) is 0 Å². The van der Waals surface area contributed by atoms with Gasteiger partial charge in [0.1, 0.15) is 17.7 Å². The summed E-state index contributed by atoms with van der Waals surface area (Å²) in [4.78, 5) is 60.2. The molecule has 11 heteroatoms. The smallest absolute Gasteiger partial charge is 0.313 e. The number of hydrogen-bond acceptors (Lipinski definition) is 7.